The van der Waals surface area contributed by atoms with Crippen molar-refractivity contribution in [1.29, 1.82) is 0 Å². The third-order valence-corrected chi connectivity index (χ3v) is 3.29. The predicted molar refractivity (Wildman–Crippen MR) is 71.7 cm³/mol. The maximum absolute atomic E-state index is 12.8. The van der Waals surface area contributed by atoms with Crippen LogP contribution in [0.15, 0.2) is 0 Å². The van der Waals surface area contributed by atoms with Crippen molar-refractivity contribution in [3.63, 3.8) is 0 Å². The summed E-state index contributed by atoms with van der Waals surface area (Å²) in [5, 5.41) is 0. The number of carbonyl (C=O) groups is 1. The van der Waals surface area contributed by atoms with Gasteiger partial charge in [0.2, 0.25) is 0 Å². The summed E-state index contributed by atoms with van der Waals surface area (Å²) >= 11 is 0. The van der Waals surface area contributed by atoms with Gasteiger partial charge >= 0.3 is 16.3 Å². The largest absolute Gasteiger partial charge is 0.444 e. The minimum atomic E-state index is -4.66. The molecule has 1 amide bonds. The number of morpholine rings is 1. The zero-order chi connectivity index (χ0) is 15.8. The van der Waals surface area contributed by atoms with Crippen molar-refractivity contribution in [3.8, 4) is 0 Å². The minimum Gasteiger partial charge on any atom is -0.444 e. The normalized spacial score (nSPS) is 23.5. The standard InChI is InChI=1S/C12H22FNO5S/c1-11(2,3)19-10(15)14-6-9(7-20(13,16)17)18-12(4,5)8-14/h9H,6-8H2,1-5H3. The van der Waals surface area contributed by atoms with Crippen molar-refractivity contribution < 1.29 is 26.6 Å². The van der Waals surface area contributed by atoms with E-state index in [0.717, 1.165) is 0 Å². The average molecular weight is 311 g/mol. The van der Waals surface area contributed by atoms with E-state index in [4.69, 9.17) is 9.47 Å². The molecule has 0 saturated carbocycles. The molecule has 0 N–H and O–H groups in total. The Bertz CT molecular complexity index is 469. The van der Waals surface area contributed by atoms with Gasteiger partial charge in [0.1, 0.15) is 11.4 Å². The summed E-state index contributed by atoms with van der Waals surface area (Å²) in [7, 11) is -4.66. The molecule has 6 nitrogen and oxygen atoms in total. The fourth-order valence-corrected chi connectivity index (χ4v) is 2.69. The summed E-state index contributed by atoms with van der Waals surface area (Å²) in [6.07, 6.45) is -1.46. The van der Waals surface area contributed by atoms with Gasteiger partial charge in [-0.05, 0) is 34.6 Å². The molecular weight excluding hydrogens is 289 g/mol. The molecule has 1 aliphatic heterocycles. The number of hydrogen-bond acceptors (Lipinski definition) is 5. The molecule has 1 aliphatic rings. The molecule has 20 heavy (non-hydrogen) atoms. The van der Waals surface area contributed by atoms with E-state index in [9.17, 15) is 17.1 Å². The zero-order valence-corrected chi connectivity index (χ0v) is 13.3. The van der Waals surface area contributed by atoms with Crippen LogP contribution in [0.4, 0.5) is 8.68 Å². The lowest BCUT2D eigenvalue weighted by Crippen LogP contribution is -2.56. The smallest absolute Gasteiger partial charge is 0.410 e. The monoisotopic (exact) mass is 311 g/mol. The van der Waals surface area contributed by atoms with E-state index in [0.29, 0.717) is 0 Å². The highest BCUT2D eigenvalue weighted by Gasteiger charge is 2.39. The molecule has 0 radical (unpaired) electrons. The summed E-state index contributed by atoms with van der Waals surface area (Å²) in [6, 6.07) is 0. The molecule has 0 bridgehead atoms. The van der Waals surface area contributed by atoms with E-state index in [1.165, 1.54) is 4.90 Å². The van der Waals surface area contributed by atoms with Crippen LogP contribution in [0, 0.1) is 0 Å². The first-order valence-corrected chi connectivity index (χ1v) is 7.91. The van der Waals surface area contributed by atoms with Gasteiger partial charge in [-0.3, -0.25) is 0 Å². The molecule has 1 fully saturated rings. The molecule has 1 atom stereocenters. The Hall–Kier alpha value is -0.890. The van der Waals surface area contributed by atoms with Gasteiger partial charge in [0, 0.05) is 0 Å². The van der Waals surface area contributed by atoms with Gasteiger partial charge in [0.05, 0.1) is 24.8 Å². The number of nitrogens with zero attached hydrogens (tertiary/aromatic N) is 1. The lowest BCUT2D eigenvalue weighted by atomic mass is 10.1. The first-order valence-electron chi connectivity index (χ1n) is 6.35. The van der Waals surface area contributed by atoms with E-state index < -0.39 is 39.4 Å². The summed E-state index contributed by atoms with van der Waals surface area (Å²) < 4.78 is 45.0. The number of ether oxygens (including phenoxy) is 2. The highest BCUT2D eigenvalue weighted by molar-refractivity contribution is 7.86. The topological polar surface area (TPSA) is 72.9 Å². The Kier molecular flexibility index (Phi) is 4.70. The third-order valence-electron chi connectivity index (χ3n) is 2.52. The number of amides is 1. The fourth-order valence-electron chi connectivity index (χ4n) is 2.07. The van der Waals surface area contributed by atoms with Crippen LogP contribution in [0.25, 0.3) is 0 Å². The Balaban J connectivity index is 2.80. The van der Waals surface area contributed by atoms with Gasteiger partial charge in [-0.15, -0.1) is 3.89 Å². The molecule has 0 aliphatic carbocycles. The summed E-state index contributed by atoms with van der Waals surface area (Å²) in [5.74, 6) is -0.768. The Morgan fingerprint density at radius 2 is 2.00 bits per heavy atom. The highest BCUT2D eigenvalue weighted by Crippen LogP contribution is 2.24. The van der Waals surface area contributed by atoms with Crippen LogP contribution in [0.5, 0.6) is 0 Å². The second kappa shape index (κ2) is 5.48. The molecule has 1 rings (SSSR count). The zero-order valence-electron chi connectivity index (χ0n) is 12.5. The lowest BCUT2D eigenvalue weighted by Gasteiger charge is -2.42. The molecule has 1 saturated heterocycles. The van der Waals surface area contributed by atoms with E-state index >= 15 is 0 Å². The maximum Gasteiger partial charge on any atom is 0.410 e. The van der Waals surface area contributed by atoms with Crippen LogP contribution in [-0.4, -0.2) is 55.6 Å². The van der Waals surface area contributed by atoms with Crippen molar-refractivity contribution >= 4 is 16.3 Å². The Morgan fingerprint density at radius 3 is 2.45 bits per heavy atom. The fraction of sp³-hybridized carbons (Fsp3) is 0.917. The molecule has 0 aromatic heterocycles. The Morgan fingerprint density at radius 1 is 1.45 bits per heavy atom. The van der Waals surface area contributed by atoms with Crippen LogP contribution in [0.2, 0.25) is 0 Å². The van der Waals surface area contributed by atoms with Crippen molar-refractivity contribution in [2.24, 2.45) is 0 Å². The quantitative estimate of drug-likeness (QED) is 0.726. The summed E-state index contributed by atoms with van der Waals surface area (Å²) in [5.41, 5.74) is -1.41. The van der Waals surface area contributed by atoms with E-state index in [1.807, 2.05) is 0 Å². The first-order chi connectivity index (χ1) is 8.77. The average Bonchev–Trinajstić information content (AvgIpc) is 2.08. The van der Waals surface area contributed by atoms with Crippen LogP contribution < -0.4 is 0 Å². The second-order valence-corrected chi connectivity index (χ2v) is 7.98. The highest BCUT2D eigenvalue weighted by atomic mass is 32.3. The lowest BCUT2D eigenvalue weighted by molar-refractivity contribution is -0.125. The molecule has 0 spiro atoms. The van der Waals surface area contributed by atoms with Crippen molar-refractivity contribution in [2.45, 2.75) is 51.9 Å². The SMILES string of the molecule is CC(C)(C)OC(=O)N1CC(CS(=O)(=O)F)OC(C)(C)C1. The minimum absolute atomic E-state index is 0.0124. The number of halogens is 1. The molecular formula is C12H22FNO5S. The van der Waals surface area contributed by atoms with Gasteiger partial charge < -0.3 is 14.4 Å². The van der Waals surface area contributed by atoms with Gasteiger partial charge in [-0.2, -0.15) is 8.42 Å². The molecule has 1 unspecified atom stereocenters. The van der Waals surface area contributed by atoms with Gasteiger partial charge in [-0.1, -0.05) is 0 Å². The van der Waals surface area contributed by atoms with Gasteiger partial charge in [0.15, 0.2) is 0 Å². The molecule has 0 aromatic rings. The van der Waals surface area contributed by atoms with Crippen molar-refractivity contribution in [1.82, 2.24) is 4.90 Å². The van der Waals surface area contributed by atoms with Crippen molar-refractivity contribution in [2.75, 3.05) is 18.8 Å². The van der Waals surface area contributed by atoms with Crippen LogP contribution >= 0.6 is 0 Å². The summed E-state index contributed by atoms with van der Waals surface area (Å²) in [6.45, 7) is 8.87. The number of hydrogen-bond donors (Lipinski definition) is 0. The number of carbonyl (C=O) groups excluding carboxylic acids is 1. The summed E-state index contributed by atoms with van der Waals surface area (Å²) in [4.78, 5) is 13.4. The molecule has 1 heterocycles. The molecule has 0 aromatic carbocycles. The van der Waals surface area contributed by atoms with E-state index in [-0.39, 0.29) is 13.1 Å². The maximum atomic E-state index is 12.8. The van der Waals surface area contributed by atoms with Gasteiger partial charge in [0.25, 0.3) is 0 Å². The van der Waals surface area contributed by atoms with E-state index in [2.05, 4.69) is 0 Å². The van der Waals surface area contributed by atoms with Crippen LogP contribution in [-0.2, 0) is 19.7 Å². The first kappa shape index (κ1) is 17.2. The molecule has 8 heteroatoms. The van der Waals surface area contributed by atoms with E-state index in [1.54, 1.807) is 34.6 Å². The van der Waals surface area contributed by atoms with Crippen LogP contribution in [0.1, 0.15) is 34.6 Å². The third kappa shape index (κ3) is 6.04. The second-order valence-electron chi connectivity index (χ2n) is 6.57. The number of rotatable bonds is 2. The molecule has 118 valence electrons. The van der Waals surface area contributed by atoms with Crippen LogP contribution in [0.3, 0.4) is 0 Å². The predicted octanol–water partition coefficient (Wildman–Crippen LogP) is 1.70. The Labute approximate surface area is 119 Å². The van der Waals surface area contributed by atoms with Crippen molar-refractivity contribution in [3.05, 3.63) is 0 Å². The van der Waals surface area contributed by atoms with Gasteiger partial charge in [-0.25, -0.2) is 4.79 Å².